The number of alkyl halides is 1. The minimum Gasteiger partial charge on any atom is -0.488 e. The number of ketones is 1. The Morgan fingerprint density at radius 3 is 2.33 bits per heavy atom. The predicted molar refractivity (Wildman–Crippen MR) is 172 cm³/mol. The quantitative estimate of drug-likeness (QED) is 0.154. The predicted octanol–water partition coefficient (Wildman–Crippen LogP) is 8.64. The highest BCUT2D eigenvalue weighted by Crippen LogP contribution is 2.44. The van der Waals surface area contributed by atoms with Crippen LogP contribution in [0.25, 0.3) is 10.1 Å². The van der Waals surface area contributed by atoms with Gasteiger partial charge in [0.1, 0.15) is 34.0 Å². The van der Waals surface area contributed by atoms with E-state index in [0.717, 1.165) is 42.4 Å². The summed E-state index contributed by atoms with van der Waals surface area (Å²) in [4.78, 5) is 16.7. The minimum atomic E-state index is -0.374. The van der Waals surface area contributed by atoms with Crippen molar-refractivity contribution in [2.24, 2.45) is 5.41 Å². The lowest BCUT2D eigenvalue weighted by Crippen LogP contribution is -2.56. The summed E-state index contributed by atoms with van der Waals surface area (Å²) in [5.74, 6) is 1.79. The molecular weight excluding hydrogens is 596 g/mol. The first-order chi connectivity index (χ1) is 21.6. The third-order valence-corrected chi connectivity index (χ3v) is 9.37. The second-order valence-corrected chi connectivity index (χ2v) is 13.9. The van der Waals surface area contributed by atoms with E-state index in [2.05, 4.69) is 4.90 Å². The van der Waals surface area contributed by atoms with Gasteiger partial charge in [-0.1, -0.05) is 13.8 Å². The molecule has 9 heteroatoms. The molecule has 238 valence electrons. The monoisotopic (exact) mass is 635 g/mol. The van der Waals surface area contributed by atoms with Gasteiger partial charge >= 0.3 is 0 Å². The molecule has 0 saturated carbocycles. The number of carbonyl (C=O) groups excluding carboxylic acids is 1. The van der Waals surface area contributed by atoms with Crippen LogP contribution in [-0.4, -0.2) is 56.0 Å². The molecule has 0 radical (unpaired) electrons. The van der Waals surface area contributed by atoms with E-state index in [1.54, 1.807) is 13.8 Å². The second kappa shape index (κ2) is 13.1. The number of aryl methyl sites for hydroxylation is 2. The van der Waals surface area contributed by atoms with Gasteiger partial charge < -0.3 is 18.9 Å². The maximum atomic E-state index is 14.1. The summed E-state index contributed by atoms with van der Waals surface area (Å²) in [5, 5.41) is 0.781. The van der Waals surface area contributed by atoms with Crippen LogP contribution < -0.4 is 14.2 Å². The van der Waals surface area contributed by atoms with Gasteiger partial charge in [0.05, 0.1) is 13.3 Å². The summed E-state index contributed by atoms with van der Waals surface area (Å²) >= 11 is 1.33. The van der Waals surface area contributed by atoms with Crippen molar-refractivity contribution in [3.63, 3.8) is 0 Å². The van der Waals surface area contributed by atoms with Crippen LogP contribution in [0, 0.1) is 25.1 Å². The van der Waals surface area contributed by atoms with E-state index in [9.17, 15) is 13.6 Å². The molecule has 2 aliphatic rings. The van der Waals surface area contributed by atoms with Crippen LogP contribution in [-0.2, 0) is 4.74 Å². The van der Waals surface area contributed by atoms with E-state index >= 15 is 0 Å². The zero-order chi connectivity index (χ0) is 31.7. The normalized spacial score (nSPS) is 17.7. The first kappa shape index (κ1) is 31.5. The van der Waals surface area contributed by atoms with Crippen molar-refractivity contribution in [1.29, 1.82) is 0 Å². The molecule has 0 spiro atoms. The van der Waals surface area contributed by atoms with Crippen molar-refractivity contribution in [2.75, 3.05) is 32.9 Å². The molecule has 0 aliphatic carbocycles. The fourth-order valence-electron chi connectivity index (χ4n) is 5.99. The molecule has 3 aromatic carbocycles. The van der Waals surface area contributed by atoms with E-state index < -0.39 is 0 Å². The Bertz CT molecular complexity index is 1650. The molecule has 6 nitrogen and oxygen atoms in total. The summed E-state index contributed by atoms with van der Waals surface area (Å²) < 4.78 is 52.5. The number of likely N-dealkylation sites (tertiary alicyclic amines) is 1. The third kappa shape index (κ3) is 7.16. The number of ether oxygens (including phenoxy) is 4. The number of hydrogen-bond acceptors (Lipinski definition) is 7. The third-order valence-electron chi connectivity index (χ3n) is 8.24. The Morgan fingerprint density at radius 2 is 1.67 bits per heavy atom. The Morgan fingerprint density at radius 1 is 0.978 bits per heavy atom. The fraction of sp³-hybridized carbons (Fsp3) is 0.417. The molecule has 4 aromatic rings. The number of fused-ring (bicyclic) bond motifs is 1. The lowest BCUT2D eigenvalue weighted by Gasteiger charge is -2.42. The summed E-state index contributed by atoms with van der Waals surface area (Å²) in [6.07, 6.45) is 2.68. The standard InChI is InChI=1S/C36H39F2NO5S/c1-22-15-24(38)16-23(2)32(22)33(40)35-34(29-13-12-27(17-30(29)45-35)43-31-7-5-6-14-41-31)44-26-10-8-25(9-11-26)42-28-18-39(19-28)21-36(3,4)20-37/h8-13,15-17,28,31H,5-7,14,18-21H2,1-4H3. The smallest absolute Gasteiger partial charge is 0.207 e. The van der Waals surface area contributed by atoms with Gasteiger partial charge in [-0.15, -0.1) is 11.3 Å². The Balaban J connectivity index is 1.24. The van der Waals surface area contributed by atoms with Crippen molar-refractivity contribution >= 4 is 27.2 Å². The zero-order valence-electron chi connectivity index (χ0n) is 26.2. The molecule has 1 unspecified atom stereocenters. The molecule has 2 aliphatic heterocycles. The van der Waals surface area contributed by atoms with Crippen molar-refractivity contribution < 1.29 is 32.5 Å². The first-order valence-electron chi connectivity index (χ1n) is 15.5. The van der Waals surface area contributed by atoms with E-state index in [-0.39, 0.29) is 36.1 Å². The van der Waals surface area contributed by atoms with Gasteiger partial charge in [0.2, 0.25) is 5.78 Å². The van der Waals surface area contributed by atoms with Gasteiger partial charge in [0.25, 0.3) is 0 Å². The molecule has 1 atom stereocenters. The zero-order valence-corrected chi connectivity index (χ0v) is 27.0. The highest BCUT2D eigenvalue weighted by atomic mass is 32.1. The maximum Gasteiger partial charge on any atom is 0.207 e. The van der Waals surface area contributed by atoms with Crippen molar-refractivity contribution in [2.45, 2.75) is 59.4 Å². The van der Waals surface area contributed by atoms with Crippen LogP contribution in [0.1, 0.15) is 59.5 Å². The van der Waals surface area contributed by atoms with Crippen LogP contribution in [0.5, 0.6) is 23.0 Å². The first-order valence-corrected chi connectivity index (χ1v) is 16.3. The SMILES string of the molecule is Cc1cc(F)cc(C)c1C(=O)c1sc2cc(OC3CCCCO3)ccc2c1Oc1ccc(OC2CN(CC(C)(C)CF)C2)cc1. The van der Waals surface area contributed by atoms with Crippen molar-refractivity contribution in [3.05, 3.63) is 82.0 Å². The van der Waals surface area contributed by atoms with Crippen LogP contribution in [0.4, 0.5) is 8.78 Å². The molecule has 0 amide bonds. The average Bonchev–Trinajstić information content (AvgIpc) is 3.34. The van der Waals surface area contributed by atoms with Crippen LogP contribution in [0.15, 0.2) is 54.6 Å². The van der Waals surface area contributed by atoms with Gasteiger partial charge in [-0.3, -0.25) is 14.1 Å². The Hall–Kier alpha value is -3.53. The molecule has 45 heavy (non-hydrogen) atoms. The molecule has 1 aromatic heterocycles. The number of carbonyl (C=O) groups is 1. The number of hydrogen-bond donors (Lipinski definition) is 0. The summed E-state index contributed by atoms with van der Waals surface area (Å²) in [6, 6.07) is 15.8. The van der Waals surface area contributed by atoms with Crippen molar-refractivity contribution in [1.82, 2.24) is 4.90 Å². The summed E-state index contributed by atoms with van der Waals surface area (Å²) in [7, 11) is 0. The molecule has 3 heterocycles. The minimum absolute atomic E-state index is 0.0508. The highest BCUT2D eigenvalue weighted by molar-refractivity contribution is 7.21. The summed E-state index contributed by atoms with van der Waals surface area (Å²) in [5.41, 5.74) is 1.25. The van der Waals surface area contributed by atoms with Gasteiger partial charge in [-0.25, -0.2) is 4.39 Å². The topological polar surface area (TPSA) is 57.2 Å². The highest BCUT2D eigenvalue weighted by Gasteiger charge is 2.33. The van der Waals surface area contributed by atoms with Gasteiger partial charge in [0, 0.05) is 47.1 Å². The summed E-state index contributed by atoms with van der Waals surface area (Å²) in [6.45, 7) is 9.89. The molecule has 2 fully saturated rings. The molecule has 6 rings (SSSR count). The number of nitrogens with zero attached hydrogens (tertiary/aromatic N) is 1. The molecule has 0 N–H and O–H groups in total. The number of rotatable bonds is 11. The second-order valence-electron chi connectivity index (χ2n) is 12.9. The van der Waals surface area contributed by atoms with Crippen LogP contribution >= 0.6 is 11.3 Å². The molecular formula is C36H39F2NO5S. The van der Waals surface area contributed by atoms with Crippen LogP contribution in [0.3, 0.4) is 0 Å². The average molecular weight is 636 g/mol. The van der Waals surface area contributed by atoms with Gasteiger partial charge in [-0.2, -0.15) is 0 Å². The van der Waals surface area contributed by atoms with E-state index in [4.69, 9.17) is 18.9 Å². The number of benzene rings is 3. The lowest BCUT2D eigenvalue weighted by molar-refractivity contribution is -0.105. The lowest BCUT2D eigenvalue weighted by atomic mass is 9.93. The largest absolute Gasteiger partial charge is 0.488 e. The Kier molecular flexibility index (Phi) is 9.13. The maximum absolute atomic E-state index is 14.1. The number of thiophene rings is 1. The van der Waals surface area contributed by atoms with Gasteiger partial charge in [0.15, 0.2) is 12.0 Å². The van der Waals surface area contributed by atoms with Gasteiger partial charge in [-0.05, 0) is 92.4 Å². The fourth-order valence-corrected chi connectivity index (χ4v) is 7.09. The van der Waals surface area contributed by atoms with E-state index in [0.29, 0.717) is 57.7 Å². The van der Waals surface area contributed by atoms with Crippen molar-refractivity contribution in [3.8, 4) is 23.0 Å². The van der Waals surface area contributed by atoms with E-state index in [1.165, 1.54) is 23.5 Å². The van der Waals surface area contributed by atoms with E-state index in [1.807, 2.05) is 56.3 Å². The van der Waals surface area contributed by atoms with Crippen LogP contribution in [0.2, 0.25) is 0 Å². The number of halogens is 2. The molecule has 2 saturated heterocycles. The Labute approximate surface area is 266 Å². The molecule has 0 bridgehead atoms.